The van der Waals surface area contributed by atoms with Gasteiger partial charge in [0.25, 0.3) is 11.8 Å². The molecule has 1 aliphatic heterocycles. The molecule has 42 heavy (non-hydrogen) atoms. The van der Waals surface area contributed by atoms with Gasteiger partial charge >= 0.3 is 0 Å². The number of ketones is 1. The fourth-order valence-electron chi connectivity index (χ4n) is 5.23. The molecular formula is C37H40FNO3. The third kappa shape index (κ3) is 10.1. The summed E-state index contributed by atoms with van der Waals surface area (Å²) in [5.41, 5.74) is 5.30. The molecule has 0 unspecified atom stereocenters. The van der Waals surface area contributed by atoms with Gasteiger partial charge < -0.3 is 0 Å². The van der Waals surface area contributed by atoms with Gasteiger partial charge in [0, 0.05) is 11.6 Å². The first-order valence-corrected chi connectivity index (χ1v) is 15.2. The predicted octanol–water partition coefficient (Wildman–Crippen LogP) is 8.45. The molecule has 2 amide bonds. The van der Waals surface area contributed by atoms with Gasteiger partial charge in [0.2, 0.25) is 0 Å². The Hall–Kier alpha value is -4.12. The predicted molar refractivity (Wildman–Crippen MR) is 167 cm³/mol. The molecular weight excluding hydrogens is 525 g/mol. The summed E-state index contributed by atoms with van der Waals surface area (Å²) in [6.45, 7) is 0. The normalized spacial score (nSPS) is 13.0. The van der Waals surface area contributed by atoms with E-state index in [2.05, 4.69) is 29.6 Å². The molecule has 5 heteroatoms. The van der Waals surface area contributed by atoms with Gasteiger partial charge in [0.05, 0.1) is 5.57 Å². The fourth-order valence-corrected chi connectivity index (χ4v) is 5.23. The maximum atomic E-state index is 13.0. The zero-order valence-electron chi connectivity index (χ0n) is 24.2. The average molecular weight is 566 g/mol. The average Bonchev–Trinajstić information content (AvgIpc) is 3.35. The molecule has 218 valence electrons. The number of hydrogen-bond acceptors (Lipinski definition) is 3. The zero-order chi connectivity index (χ0) is 29.6. The van der Waals surface area contributed by atoms with E-state index in [1.807, 2.05) is 24.3 Å². The molecule has 0 saturated carbocycles. The van der Waals surface area contributed by atoms with Crippen LogP contribution in [0.1, 0.15) is 96.8 Å². The van der Waals surface area contributed by atoms with Crippen molar-refractivity contribution >= 4 is 29.2 Å². The number of carbonyl (C=O) groups excluding carboxylic acids is 3. The van der Waals surface area contributed by atoms with Crippen LogP contribution in [-0.4, -0.2) is 17.6 Å². The highest BCUT2D eigenvalue weighted by molar-refractivity contribution is 6.33. The third-order valence-corrected chi connectivity index (χ3v) is 7.74. The number of rotatable bonds is 17. The van der Waals surface area contributed by atoms with Crippen molar-refractivity contribution in [2.24, 2.45) is 0 Å². The molecule has 3 aromatic rings. The lowest BCUT2D eigenvalue weighted by Crippen LogP contribution is -2.21. The summed E-state index contributed by atoms with van der Waals surface area (Å²) in [6.07, 6.45) is 19.5. The van der Waals surface area contributed by atoms with Gasteiger partial charge in [-0.15, -0.1) is 0 Å². The van der Waals surface area contributed by atoms with Gasteiger partial charge in [0.1, 0.15) is 5.82 Å². The van der Waals surface area contributed by atoms with Crippen molar-refractivity contribution in [3.63, 3.8) is 0 Å². The van der Waals surface area contributed by atoms with Crippen LogP contribution in [0.3, 0.4) is 0 Å². The number of aryl methyl sites for hydroxylation is 2. The van der Waals surface area contributed by atoms with E-state index in [9.17, 15) is 18.8 Å². The SMILES string of the molecule is O=C1C=C(c2ccc(CCCCCCCCCCCCc3ccc(C=CC(=O)c4ccc(F)cc4)cc3)cc2)C(=O)N1. The number of hydrogen-bond donors (Lipinski definition) is 1. The van der Waals surface area contributed by atoms with Crippen LogP contribution in [0.5, 0.6) is 0 Å². The fraction of sp³-hybridized carbons (Fsp3) is 0.324. The molecule has 4 nitrogen and oxygen atoms in total. The van der Waals surface area contributed by atoms with E-state index in [0.717, 1.165) is 24.0 Å². The Bertz CT molecular complexity index is 1390. The number of carbonyl (C=O) groups is 3. The topological polar surface area (TPSA) is 63.2 Å². The number of halogens is 1. The van der Waals surface area contributed by atoms with Crippen molar-refractivity contribution in [1.29, 1.82) is 0 Å². The van der Waals surface area contributed by atoms with Gasteiger partial charge in [-0.25, -0.2) is 4.39 Å². The highest BCUT2D eigenvalue weighted by Gasteiger charge is 2.21. The Labute approximate surface area is 248 Å². The van der Waals surface area contributed by atoms with E-state index >= 15 is 0 Å². The first kappa shape index (κ1) is 30.8. The van der Waals surface area contributed by atoms with E-state index in [-0.39, 0.29) is 23.4 Å². The second-order valence-electron chi connectivity index (χ2n) is 11.1. The molecule has 0 saturated heterocycles. The minimum atomic E-state index is -0.344. The molecule has 1 aliphatic rings. The summed E-state index contributed by atoms with van der Waals surface area (Å²) in [7, 11) is 0. The van der Waals surface area contributed by atoms with Crippen LogP contribution in [0.4, 0.5) is 4.39 Å². The molecule has 0 bridgehead atoms. The van der Waals surface area contributed by atoms with Crippen molar-refractivity contribution in [3.8, 4) is 0 Å². The number of nitrogens with one attached hydrogen (secondary N) is 1. The molecule has 0 fully saturated rings. The standard InChI is InChI=1S/C37H40FNO3/c38-33-24-22-32(23-25-33)35(40)26-19-30-15-13-28(14-16-30)11-9-7-5-3-1-2-4-6-8-10-12-29-17-20-31(21-18-29)34-27-36(41)39-37(34)42/h13-27H,1-12H2,(H,39,41,42). The Morgan fingerprint density at radius 3 is 1.64 bits per heavy atom. The van der Waals surface area contributed by atoms with Gasteiger partial charge in [-0.2, -0.15) is 0 Å². The maximum Gasteiger partial charge on any atom is 0.258 e. The Morgan fingerprint density at radius 2 is 1.14 bits per heavy atom. The van der Waals surface area contributed by atoms with Crippen molar-refractivity contribution < 1.29 is 18.8 Å². The van der Waals surface area contributed by atoms with Crippen molar-refractivity contribution in [2.45, 2.75) is 77.0 Å². The van der Waals surface area contributed by atoms with E-state index in [1.165, 1.54) is 112 Å². The molecule has 1 N–H and O–H groups in total. The minimum Gasteiger partial charge on any atom is -0.289 e. The van der Waals surface area contributed by atoms with Gasteiger partial charge in [0.15, 0.2) is 5.78 Å². The van der Waals surface area contributed by atoms with Gasteiger partial charge in [-0.3, -0.25) is 19.7 Å². The molecule has 3 aromatic carbocycles. The lowest BCUT2D eigenvalue weighted by atomic mass is 10.0. The summed E-state index contributed by atoms with van der Waals surface area (Å²) in [4.78, 5) is 35.3. The van der Waals surface area contributed by atoms with E-state index in [4.69, 9.17) is 0 Å². The second kappa shape index (κ2) is 16.4. The largest absolute Gasteiger partial charge is 0.289 e. The number of imide groups is 1. The summed E-state index contributed by atoms with van der Waals surface area (Å²) in [6, 6.07) is 21.9. The number of amides is 2. The molecule has 0 radical (unpaired) electrons. The molecule has 0 aliphatic carbocycles. The second-order valence-corrected chi connectivity index (χ2v) is 11.1. The van der Waals surface area contributed by atoms with E-state index in [1.54, 1.807) is 6.08 Å². The van der Waals surface area contributed by atoms with E-state index in [0.29, 0.717) is 11.1 Å². The summed E-state index contributed by atoms with van der Waals surface area (Å²) < 4.78 is 13.0. The van der Waals surface area contributed by atoms with Gasteiger partial charge in [-0.05, 0) is 78.3 Å². The lowest BCUT2D eigenvalue weighted by molar-refractivity contribution is -0.123. The molecule has 0 aromatic heterocycles. The van der Waals surface area contributed by atoms with Gasteiger partial charge in [-0.1, -0.05) is 106 Å². The molecule has 0 atom stereocenters. The lowest BCUT2D eigenvalue weighted by Gasteiger charge is -2.05. The van der Waals surface area contributed by atoms with Crippen molar-refractivity contribution in [1.82, 2.24) is 5.32 Å². The van der Waals surface area contributed by atoms with Crippen LogP contribution in [-0.2, 0) is 22.4 Å². The first-order valence-electron chi connectivity index (χ1n) is 15.2. The highest BCUT2D eigenvalue weighted by atomic mass is 19.1. The van der Waals surface area contributed by atoms with E-state index < -0.39 is 0 Å². The van der Waals surface area contributed by atoms with Crippen molar-refractivity contribution in [3.05, 3.63) is 119 Å². The zero-order valence-corrected chi connectivity index (χ0v) is 24.2. The van der Waals surface area contributed by atoms with Crippen LogP contribution in [0.15, 0.2) is 84.9 Å². The highest BCUT2D eigenvalue weighted by Crippen LogP contribution is 2.20. The summed E-state index contributed by atoms with van der Waals surface area (Å²) >= 11 is 0. The van der Waals surface area contributed by atoms with Crippen LogP contribution in [0.2, 0.25) is 0 Å². The number of benzene rings is 3. The van der Waals surface area contributed by atoms with Crippen LogP contribution in [0, 0.1) is 5.82 Å². The smallest absolute Gasteiger partial charge is 0.258 e. The Balaban J connectivity index is 0.984. The van der Waals surface area contributed by atoms with Crippen LogP contribution in [0.25, 0.3) is 11.6 Å². The Morgan fingerprint density at radius 1 is 0.643 bits per heavy atom. The quantitative estimate of drug-likeness (QED) is 0.0773. The molecule has 1 heterocycles. The third-order valence-electron chi connectivity index (χ3n) is 7.74. The molecule has 0 spiro atoms. The van der Waals surface area contributed by atoms with Crippen LogP contribution < -0.4 is 5.32 Å². The summed E-state index contributed by atoms with van der Waals surface area (Å²) in [5.74, 6) is -1.14. The van der Waals surface area contributed by atoms with Crippen LogP contribution >= 0.6 is 0 Å². The minimum absolute atomic E-state index is 0.130. The molecule has 4 rings (SSSR count). The number of allylic oxidation sites excluding steroid dienone is 1. The first-order chi connectivity index (χ1) is 20.5. The Kier molecular flexibility index (Phi) is 12.0. The monoisotopic (exact) mass is 565 g/mol. The number of unbranched alkanes of at least 4 members (excludes halogenated alkanes) is 9. The maximum absolute atomic E-state index is 13.0. The van der Waals surface area contributed by atoms with Crippen molar-refractivity contribution in [2.75, 3.05) is 0 Å². The summed E-state index contributed by atoms with van der Waals surface area (Å²) in [5, 5.41) is 2.29.